The number of nitrogens with two attached hydrogens (primary N) is 1. The van der Waals surface area contributed by atoms with Crippen LogP contribution in [0.1, 0.15) is 26.2 Å². The molecule has 1 aliphatic heterocycles. The van der Waals surface area contributed by atoms with Crippen LogP contribution in [0.25, 0.3) is 0 Å². The number of carbonyl (C=O) groups is 1. The lowest BCUT2D eigenvalue weighted by Gasteiger charge is -2.33. The van der Waals surface area contributed by atoms with E-state index in [2.05, 4.69) is 5.43 Å². The fourth-order valence-electron chi connectivity index (χ4n) is 1.37. The molecule has 0 aromatic carbocycles. The van der Waals surface area contributed by atoms with Gasteiger partial charge in [-0.3, -0.25) is 15.1 Å². The first-order valence-corrected chi connectivity index (χ1v) is 4.13. The maximum atomic E-state index is 10.7. The zero-order valence-corrected chi connectivity index (χ0v) is 7.25. The molecule has 1 rings (SSSR count). The number of amides is 1. The van der Waals surface area contributed by atoms with Crippen molar-refractivity contribution in [2.24, 2.45) is 5.90 Å². The van der Waals surface area contributed by atoms with Gasteiger partial charge in [0.2, 0.25) is 5.91 Å². The summed E-state index contributed by atoms with van der Waals surface area (Å²) in [6.45, 7) is 2.28. The Bertz CT molecular complexity index is 163. The van der Waals surface area contributed by atoms with Crippen molar-refractivity contribution in [2.45, 2.75) is 32.4 Å². The lowest BCUT2D eigenvalue weighted by Crippen LogP contribution is -2.52. The highest BCUT2D eigenvalue weighted by molar-refractivity contribution is 5.72. The Kier molecular flexibility index (Phi) is 3.46. The van der Waals surface area contributed by atoms with Crippen LogP contribution in [0.4, 0.5) is 0 Å². The minimum Gasteiger partial charge on any atom is -0.287 e. The zero-order chi connectivity index (χ0) is 8.97. The first-order valence-electron chi connectivity index (χ1n) is 4.13. The standard InChI is InChI=1S/C7H15N3O2/c1-6(11)9-10-5-3-2-4-7(10)12-8/h7H,2-5,8H2,1H3,(H,9,11). The van der Waals surface area contributed by atoms with Gasteiger partial charge in [0, 0.05) is 13.5 Å². The Morgan fingerprint density at radius 1 is 1.67 bits per heavy atom. The summed E-state index contributed by atoms with van der Waals surface area (Å²) in [5.74, 6) is 4.99. The van der Waals surface area contributed by atoms with Gasteiger partial charge in [-0.25, -0.2) is 5.90 Å². The fourth-order valence-corrected chi connectivity index (χ4v) is 1.37. The number of rotatable bonds is 2. The fraction of sp³-hybridized carbons (Fsp3) is 0.857. The molecule has 1 saturated heterocycles. The van der Waals surface area contributed by atoms with Crippen LogP contribution < -0.4 is 11.3 Å². The van der Waals surface area contributed by atoms with E-state index in [1.54, 1.807) is 5.01 Å². The van der Waals surface area contributed by atoms with Gasteiger partial charge in [0.15, 0.2) is 0 Å². The van der Waals surface area contributed by atoms with Crippen LogP contribution in [0.2, 0.25) is 0 Å². The summed E-state index contributed by atoms with van der Waals surface area (Å²) in [6, 6.07) is 0. The number of hydrazine groups is 1. The third kappa shape index (κ3) is 2.44. The summed E-state index contributed by atoms with van der Waals surface area (Å²) in [4.78, 5) is 15.4. The van der Waals surface area contributed by atoms with Crippen LogP contribution in [-0.4, -0.2) is 23.7 Å². The van der Waals surface area contributed by atoms with E-state index in [1.165, 1.54) is 6.92 Å². The van der Waals surface area contributed by atoms with Crippen LogP contribution in [0.5, 0.6) is 0 Å². The molecular weight excluding hydrogens is 158 g/mol. The third-order valence-electron chi connectivity index (χ3n) is 1.91. The van der Waals surface area contributed by atoms with Gasteiger partial charge in [-0.2, -0.15) is 5.01 Å². The molecule has 0 saturated carbocycles. The number of piperidine rings is 1. The highest BCUT2D eigenvalue weighted by atomic mass is 16.6. The Balaban J connectivity index is 2.41. The first kappa shape index (κ1) is 9.44. The van der Waals surface area contributed by atoms with E-state index >= 15 is 0 Å². The Labute approximate surface area is 71.8 Å². The minimum absolute atomic E-state index is 0.0843. The van der Waals surface area contributed by atoms with Crippen molar-refractivity contribution in [1.29, 1.82) is 0 Å². The largest absolute Gasteiger partial charge is 0.287 e. The molecule has 3 N–H and O–H groups in total. The molecule has 12 heavy (non-hydrogen) atoms. The molecule has 5 nitrogen and oxygen atoms in total. The summed E-state index contributed by atoms with van der Waals surface area (Å²) in [6.07, 6.45) is 2.87. The van der Waals surface area contributed by atoms with Crippen LogP contribution in [-0.2, 0) is 9.63 Å². The number of carbonyl (C=O) groups excluding carboxylic acids is 1. The molecule has 70 valence electrons. The van der Waals surface area contributed by atoms with Gasteiger partial charge < -0.3 is 0 Å². The molecule has 0 aliphatic carbocycles. The molecule has 0 spiro atoms. The molecule has 0 aromatic rings. The van der Waals surface area contributed by atoms with Crippen LogP contribution >= 0.6 is 0 Å². The van der Waals surface area contributed by atoms with Crippen LogP contribution in [0.15, 0.2) is 0 Å². The quantitative estimate of drug-likeness (QED) is 0.564. The predicted octanol–water partition coefficient (Wildman–Crippen LogP) is -0.260. The van der Waals surface area contributed by atoms with Crippen LogP contribution in [0, 0.1) is 0 Å². The van der Waals surface area contributed by atoms with E-state index in [4.69, 9.17) is 10.7 Å². The minimum atomic E-state index is -0.164. The predicted molar refractivity (Wildman–Crippen MR) is 43.4 cm³/mol. The average molecular weight is 173 g/mol. The highest BCUT2D eigenvalue weighted by Crippen LogP contribution is 2.13. The monoisotopic (exact) mass is 173 g/mol. The van der Waals surface area contributed by atoms with Crippen molar-refractivity contribution < 1.29 is 9.63 Å². The van der Waals surface area contributed by atoms with Gasteiger partial charge in [0.1, 0.15) is 6.23 Å². The highest BCUT2D eigenvalue weighted by Gasteiger charge is 2.22. The van der Waals surface area contributed by atoms with Crippen molar-refractivity contribution in [3.05, 3.63) is 0 Å². The summed E-state index contributed by atoms with van der Waals surface area (Å²) >= 11 is 0. The summed E-state index contributed by atoms with van der Waals surface area (Å²) in [7, 11) is 0. The van der Waals surface area contributed by atoms with Crippen molar-refractivity contribution in [2.75, 3.05) is 6.54 Å². The topological polar surface area (TPSA) is 67.6 Å². The van der Waals surface area contributed by atoms with Gasteiger partial charge in [-0.15, -0.1) is 0 Å². The summed E-state index contributed by atoms with van der Waals surface area (Å²) in [5, 5.41) is 1.74. The van der Waals surface area contributed by atoms with Gasteiger partial charge in [0.05, 0.1) is 0 Å². The number of hydrogen-bond acceptors (Lipinski definition) is 4. The van der Waals surface area contributed by atoms with E-state index in [0.717, 1.165) is 25.8 Å². The van der Waals surface area contributed by atoms with E-state index < -0.39 is 0 Å². The SMILES string of the molecule is CC(=O)NN1CCCCC1ON. The van der Waals surface area contributed by atoms with Gasteiger partial charge in [0.25, 0.3) is 0 Å². The van der Waals surface area contributed by atoms with Crippen molar-refractivity contribution in [3.8, 4) is 0 Å². The average Bonchev–Trinajstić information content (AvgIpc) is 2.04. The summed E-state index contributed by atoms with van der Waals surface area (Å²) in [5.41, 5.74) is 2.67. The van der Waals surface area contributed by atoms with Gasteiger partial charge in [-0.05, 0) is 19.3 Å². The zero-order valence-electron chi connectivity index (χ0n) is 7.25. The molecule has 0 aromatic heterocycles. The van der Waals surface area contributed by atoms with Gasteiger partial charge in [-0.1, -0.05) is 0 Å². The first-order chi connectivity index (χ1) is 5.74. The second-order valence-corrected chi connectivity index (χ2v) is 2.95. The number of nitrogens with zero attached hydrogens (tertiary/aromatic N) is 1. The maximum absolute atomic E-state index is 10.7. The lowest BCUT2D eigenvalue weighted by atomic mass is 10.1. The second kappa shape index (κ2) is 4.39. The van der Waals surface area contributed by atoms with Crippen molar-refractivity contribution in [3.63, 3.8) is 0 Å². The maximum Gasteiger partial charge on any atom is 0.231 e. The molecule has 1 unspecified atom stereocenters. The third-order valence-corrected chi connectivity index (χ3v) is 1.91. The number of hydrogen-bond donors (Lipinski definition) is 2. The normalized spacial score (nSPS) is 25.3. The molecule has 1 atom stereocenters. The molecular formula is C7H15N3O2. The summed E-state index contributed by atoms with van der Waals surface area (Å²) < 4.78 is 0. The molecule has 0 radical (unpaired) electrons. The molecule has 1 heterocycles. The Hall–Kier alpha value is -0.650. The van der Waals surface area contributed by atoms with E-state index in [9.17, 15) is 4.79 Å². The van der Waals surface area contributed by atoms with Crippen molar-refractivity contribution in [1.82, 2.24) is 10.4 Å². The van der Waals surface area contributed by atoms with Crippen molar-refractivity contribution >= 4 is 5.91 Å². The Morgan fingerprint density at radius 2 is 2.42 bits per heavy atom. The Morgan fingerprint density at radius 3 is 3.00 bits per heavy atom. The molecule has 1 fully saturated rings. The molecule has 5 heteroatoms. The second-order valence-electron chi connectivity index (χ2n) is 2.95. The van der Waals surface area contributed by atoms with E-state index in [0.29, 0.717) is 0 Å². The van der Waals surface area contributed by atoms with E-state index in [-0.39, 0.29) is 12.1 Å². The molecule has 1 aliphatic rings. The number of nitrogens with one attached hydrogen (secondary N) is 1. The van der Waals surface area contributed by atoms with Crippen LogP contribution in [0.3, 0.4) is 0 Å². The lowest BCUT2D eigenvalue weighted by molar-refractivity contribution is -0.140. The molecule has 1 amide bonds. The van der Waals surface area contributed by atoms with E-state index in [1.807, 2.05) is 0 Å². The molecule has 0 bridgehead atoms. The van der Waals surface area contributed by atoms with Gasteiger partial charge >= 0.3 is 0 Å². The smallest absolute Gasteiger partial charge is 0.231 e.